The van der Waals surface area contributed by atoms with Gasteiger partial charge in [0, 0.05) is 18.8 Å². The Kier molecular flexibility index (Phi) is 3.89. The maximum Gasteiger partial charge on any atom is 0.151 e. The first-order valence-corrected chi connectivity index (χ1v) is 6.10. The molecule has 18 heavy (non-hydrogen) atoms. The number of para-hydroxylation sites is 1. The van der Waals surface area contributed by atoms with Crippen LogP contribution in [0.3, 0.4) is 0 Å². The van der Waals surface area contributed by atoms with Crippen molar-refractivity contribution in [3.63, 3.8) is 0 Å². The fourth-order valence-corrected chi connectivity index (χ4v) is 1.91. The SMILES string of the molecule is CCN(c1cnc(CN)cn1)c1ccccc1C. The van der Waals surface area contributed by atoms with Gasteiger partial charge in [-0.25, -0.2) is 4.98 Å². The van der Waals surface area contributed by atoms with E-state index in [4.69, 9.17) is 5.73 Å². The van der Waals surface area contributed by atoms with Gasteiger partial charge in [0.1, 0.15) is 0 Å². The molecule has 2 aromatic rings. The number of benzene rings is 1. The Hall–Kier alpha value is -1.94. The van der Waals surface area contributed by atoms with Crippen LogP contribution in [0.2, 0.25) is 0 Å². The van der Waals surface area contributed by atoms with E-state index in [1.807, 2.05) is 12.1 Å². The Balaban J connectivity index is 2.36. The largest absolute Gasteiger partial charge is 0.325 e. The van der Waals surface area contributed by atoms with Crippen molar-refractivity contribution in [2.75, 3.05) is 11.4 Å². The molecule has 0 radical (unpaired) electrons. The van der Waals surface area contributed by atoms with Crippen LogP contribution in [0.25, 0.3) is 0 Å². The molecule has 0 saturated heterocycles. The molecular weight excluding hydrogens is 224 g/mol. The third-order valence-electron chi connectivity index (χ3n) is 2.90. The lowest BCUT2D eigenvalue weighted by Crippen LogP contribution is -2.19. The molecule has 0 unspecified atom stereocenters. The van der Waals surface area contributed by atoms with E-state index in [1.165, 1.54) is 5.56 Å². The highest BCUT2D eigenvalue weighted by molar-refractivity contribution is 5.62. The van der Waals surface area contributed by atoms with E-state index >= 15 is 0 Å². The molecule has 0 saturated carbocycles. The van der Waals surface area contributed by atoms with Gasteiger partial charge in [0.05, 0.1) is 18.1 Å². The van der Waals surface area contributed by atoms with E-state index in [2.05, 4.69) is 40.8 Å². The van der Waals surface area contributed by atoms with Gasteiger partial charge in [-0.2, -0.15) is 0 Å². The number of nitrogens with zero attached hydrogens (tertiary/aromatic N) is 3. The third-order valence-corrected chi connectivity index (χ3v) is 2.90. The van der Waals surface area contributed by atoms with E-state index in [1.54, 1.807) is 12.4 Å². The first-order valence-electron chi connectivity index (χ1n) is 6.10. The molecule has 1 aromatic heterocycles. The first-order chi connectivity index (χ1) is 8.76. The number of aryl methyl sites for hydroxylation is 1. The van der Waals surface area contributed by atoms with Gasteiger partial charge in [0.2, 0.25) is 0 Å². The van der Waals surface area contributed by atoms with Gasteiger partial charge in [-0.3, -0.25) is 4.98 Å². The first kappa shape index (κ1) is 12.5. The topological polar surface area (TPSA) is 55.0 Å². The van der Waals surface area contributed by atoms with E-state index in [9.17, 15) is 0 Å². The van der Waals surface area contributed by atoms with Gasteiger partial charge in [0.15, 0.2) is 5.82 Å². The zero-order chi connectivity index (χ0) is 13.0. The summed E-state index contributed by atoms with van der Waals surface area (Å²) in [5.41, 5.74) is 8.72. The van der Waals surface area contributed by atoms with Crippen molar-refractivity contribution < 1.29 is 0 Å². The summed E-state index contributed by atoms with van der Waals surface area (Å²) in [6.45, 7) is 5.47. The molecule has 0 aliphatic rings. The monoisotopic (exact) mass is 242 g/mol. The highest BCUT2D eigenvalue weighted by atomic mass is 15.2. The number of nitrogens with two attached hydrogens (primary N) is 1. The molecule has 1 aromatic carbocycles. The van der Waals surface area contributed by atoms with Crippen LogP contribution in [0.4, 0.5) is 11.5 Å². The highest BCUT2D eigenvalue weighted by Gasteiger charge is 2.10. The molecule has 0 fully saturated rings. The molecule has 0 amide bonds. The molecule has 0 atom stereocenters. The van der Waals surface area contributed by atoms with Gasteiger partial charge in [0.25, 0.3) is 0 Å². The second-order valence-corrected chi connectivity index (χ2v) is 4.10. The van der Waals surface area contributed by atoms with Crippen molar-refractivity contribution in [3.05, 3.63) is 47.9 Å². The minimum absolute atomic E-state index is 0.420. The minimum atomic E-state index is 0.420. The number of hydrogen-bond acceptors (Lipinski definition) is 4. The number of aromatic nitrogens is 2. The van der Waals surface area contributed by atoms with Crippen LogP contribution in [0.15, 0.2) is 36.7 Å². The maximum atomic E-state index is 5.53. The van der Waals surface area contributed by atoms with E-state index in [0.717, 1.165) is 23.7 Å². The van der Waals surface area contributed by atoms with Gasteiger partial charge < -0.3 is 10.6 Å². The number of rotatable bonds is 4. The molecule has 0 aliphatic heterocycles. The standard InChI is InChI=1S/C14H18N4/c1-3-18(13-7-5-4-6-11(13)2)14-10-16-12(8-15)9-17-14/h4-7,9-10H,3,8,15H2,1-2H3. The lowest BCUT2D eigenvalue weighted by Gasteiger charge is -2.23. The fourth-order valence-electron chi connectivity index (χ4n) is 1.91. The van der Waals surface area contributed by atoms with Gasteiger partial charge in [-0.05, 0) is 25.5 Å². The molecule has 4 nitrogen and oxygen atoms in total. The Morgan fingerprint density at radius 2 is 1.94 bits per heavy atom. The highest BCUT2D eigenvalue weighted by Crippen LogP contribution is 2.25. The smallest absolute Gasteiger partial charge is 0.151 e. The minimum Gasteiger partial charge on any atom is -0.325 e. The van der Waals surface area contributed by atoms with Gasteiger partial charge >= 0.3 is 0 Å². The summed E-state index contributed by atoms with van der Waals surface area (Å²) >= 11 is 0. The molecule has 2 N–H and O–H groups in total. The zero-order valence-electron chi connectivity index (χ0n) is 10.8. The van der Waals surface area contributed by atoms with Crippen molar-refractivity contribution in [2.24, 2.45) is 5.73 Å². The van der Waals surface area contributed by atoms with Crippen LogP contribution in [0, 0.1) is 6.92 Å². The van der Waals surface area contributed by atoms with Gasteiger partial charge in [-0.1, -0.05) is 18.2 Å². The summed E-state index contributed by atoms with van der Waals surface area (Å²) in [5.74, 6) is 0.851. The van der Waals surface area contributed by atoms with E-state index in [0.29, 0.717) is 6.54 Å². The lowest BCUT2D eigenvalue weighted by molar-refractivity contribution is 0.925. The molecule has 0 spiro atoms. The summed E-state index contributed by atoms with van der Waals surface area (Å²) in [6, 6.07) is 8.26. The third kappa shape index (κ3) is 2.49. The van der Waals surface area contributed by atoms with Crippen molar-refractivity contribution >= 4 is 11.5 Å². The molecular formula is C14H18N4. The molecule has 2 rings (SSSR count). The second-order valence-electron chi connectivity index (χ2n) is 4.10. The van der Waals surface area contributed by atoms with Crippen LogP contribution in [0.1, 0.15) is 18.2 Å². The molecule has 0 bridgehead atoms. The molecule has 1 heterocycles. The Bertz CT molecular complexity index is 507. The zero-order valence-corrected chi connectivity index (χ0v) is 10.8. The van der Waals surface area contributed by atoms with Crippen LogP contribution >= 0.6 is 0 Å². The van der Waals surface area contributed by atoms with Crippen molar-refractivity contribution in [1.29, 1.82) is 0 Å². The van der Waals surface area contributed by atoms with Crippen molar-refractivity contribution in [1.82, 2.24) is 9.97 Å². The van der Waals surface area contributed by atoms with Gasteiger partial charge in [-0.15, -0.1) is 0 Å². The van der Waals surface area contributed by atoms with Crippen LogP contribution in [-0.2, 0) is 6.54 Å². The summed E-state index contributed by atoms with van der Waals surface area (Å²) < 4.78 is 0. The normalized spacial score (nSPS) is 10.4. The second kappa shape index (κ2) is 5.60. The predicted octanol–water partition coefficient (Wildman–Crippen LogP) is 2.40. The fraction of sp³-hybridized carbons (Fsp3) is 0.286. The number of hydrogen-bond donors (Lipinski definition) is 1. The van der Waals surface area contributed by atoms with Crippen LogP contribution in [-0.4, -0.2) is 16.5 Å². The average Bonchev–Trinajstić information content (AvgIpc) is 2.42. The summed E-state index contributed by atoms with van der Waals surface area (Å²) in [4.78, 5) is 10.9. The van der Waals surface area contributed by atoms with E-state index < -0.39 is 0 Å². The summed E-state index contributed by atoms with van der Waals surface area (Å²) in [7, 11) is 0. The Morgan fingerprint density at radius 1 is 1.17 bits per heavy atom. The van der Waals surface area contributed by atoms with E-state index in [-0.39, 0.29) is 0 Å². The molecule has 0 aliphatic carbocycles. The summed E-state index contributed by atoms with van der Waals surface area (Å²) in [5, 5.41) is 0. The Labute approximate surface area is 107 Å². The van der Waals surface area contributed by atoms with Crippen LogP contribution < -0.4 is 10.6 Å². The molecule has 94 valence electrons. The average molecular weight is 242 g/mol. The van der Waals surface area contributed by atoms with Crippen molar-refractivity contribution in [3.8, 4) is 0 Å². The predicted molar refractivity (Wildman–Crippen MR) is 73.8 cm³/mol. The number of anilines is 2. The Morgan fingerprint density at radius 3 is 2.50 bits per heavy atom. The maximum absolute atomic E-state index is 5.53. The van der Waals surface area contributed by atoms with Crippen molar-refractivity contribution in [2.45, 2.75) is 20.4 Å². The van der Waals surface area contributed by atoms with Crippen LogP contribution in [0.5, 0.6) is 0 Å². The summed E-state index contributed by atoms with van der Waals surface area (Å²) in [6.07, 6.45) is 3.51. The molecule has 4 heteroatoms. The lowest BCUT2D eigenvalue weighted by atomic mass is 10.2. The quantitative estimate of drug-likeness (QED) is 0.894.